The Hall–Kier alpha value is -1.98. The molecule has 2 atom stereocenters. The molecule has 1 aromatic heterocycles. The number of carbonyl (C=O) groups is 2. The molecular weight excluding hydrogens is 771 g/mol. The Morgan fingerprint density at radius 1 is 0.583 bits per heavy atom. The maximum Gasteiger partial charge on any atom is 0.306 e. The van der Waals surface area contributed by atoms with Crippen molar-refractivity contribution in [3.05, 3.63) is 0 Å². The van der Waals surface area contributed by atoms with Crippen LogP contribution >= 0.6 is 11.1 Å². The van der Waals surface area contributed by atoms with E-state index in [1.807, 2.05) is 0 Å². The summed E-state index contributed by atoms with van der Waals surface area (Å²) in [5.74, 6) is 1.54. The van der Waals surface area contributed by atoms with Gasteiger partial charge in [0.05, 0.1) is 6.61 Å². The number of esters is 2. The van der Waals surface area contributed by atoms with Gasteiger partial charge in [0, 0.05) is 35.2 Å². The number of rotatable bonds is 45. The molecule has 352 valence electrons. The molecular formula is C49H95N5O5S. The van der Waals surface area contributed by atoms with E-state index in [1.165, 1.54) is 122 Å². The van der Waals surface area contributed by atoms with E-state index >= 15 is 0 Å². The lowest BCUT2D eigenvalue weighted by Gasteiger charge is -2.22. The highest BCUT2D eigenvalue weighted by molar-refractivity contribution is 7.14. The van der Waals surface area contributed by atoms with Gasteiger partial charge in [0.2, 0.25) is 11.6 Å². The summed E-state index contributed by atoms with van der Waals surface area (Å²) in [6.45, 7) is 13.4. The van der Waals surface area contributed by atoms with Gasteiger partial charge in [0.1, 0.15) is 6.10 Å². The van der Waals surface area contributed by atoms with Gasteiger partial charge in [-0.15, -0.1) is 0 Å². The van der Waals surface area contributed by atoms with Crippen LogP contribution in [-0.4, -0.2) is 76.1 Å². The van der Waals surface area contributed by atoms with Crippen LogP contribution in [-0.2, 0) is 19.1 Å². The first kappa shape index (κ1) is 56.0. The number of nitrogens with zero attached hydrogens (tertiary/aromatic N) is 3. The fraction of sp³-hybridized carbons (Fsp3) is 0.918. The summed E-state index contributed by atoms with van der Waals surface area (Å²) in [5, 5.41) is 6.27. The van der Waals surface area contributed by atoms with Crippen molar-refractivity contribution >= 4 is 34.7 Å². The Morgan fingerprint density at radius 2 is 1.02 bits per heavy atom. The van der Waals surface area contributed by atoms with Crippen LogP contribution in [0.1, 0.15) is 240 Å². The van der Waals surface area contributed by atoms with E-state index in [0.29, 0.717) is 37.0 Å². The van der Waals surface area contributed by atoms with Gasteiger partial charge in [-0.25, -0.2) is 0 Å². The van der Waals surface area contributed by atoms with E-state index in [1.54, 1.807) is 7.05 Å². The van der Waals surface area contributed by atoms with Crippen molar-refractivity contribution in [3.8, 4) is 0 Å². The first-order valence-electron chi connectivity index (χ1n) is 25.4. The molecule has 2 N–H and O–H groups in total. The minimum Gasteiger partial charge on any atom is -0.546 e. The zero-order valence-corrected chi connectivity index (χ0v) is 40.6. The van der Waals surface area contributed by atoms with Crippen molar-refractivity contribution in [2.75, 3.05) is 50.5 Å². The van der Waals surface area contributed by atoms with Crippen LogP contribution < -0.4 is 10.6 Å². The third-order valence-electron chi connectivity index (χ3n) is 11.8. The summed E-state index contributed by atoms with van der Waals surface area (Å²) in [7, 11) is 1.77. The summed E-state index contributed by atoms with van der Waals surface area (Å²) in [5.41, 5.74) is 0. The fourth-order valence-electron chi connectivity index (χ4n) is 7.96. The fourth-order valence-corrected chi connectivity index (χ4v) is 8.64. The normalized spacial score (nSPS) is 12.4. The van der Waals surface area contributed by atoms with E-state index in [2.05, 4.69) is 52.0 Å². The number of nitrogens with one attached hydrogen (secondary N) is 2. The van der Waals surface area contributed by atoms with Gasteiger partial charge < -0.3 is 29.6 Å². The number of anilines is 2. The highest BCUT2D eigenvalue weighted by atomic mass is 32.2. The molecule has 0 aliphatic carbocycles. The lowest BCUT2D eigenvalue weighted by Crippen LogP contribution is -2.28. The average molecular weight is 866 g/mol. The largest absolute Gasteiger partial charge is 0.546 e. The quantitative estimate of drug-likeness (QED) is 0.0371. The molecule has 60 heavy (non-hydrogen) atoms. The summed E-state index contributed by atoms with van der Waals surface area (Å²) in [4.78, 5) is 27.7. The third-order valence-corrected chi connectivity index (χ3v) is 12.5. The molecule has 0 radical (unpaired) electrons. The molecule has 0 aliphatic rings. The molecule has 0 aromatic carbocycles. The standard InChI is InChI=1S/C49H95N5O5S/c1-6-9-12-15-20-27-35-45(36-28-21-16-13-10-7-2)59-47(56)38-30-23-18-25-32-41-54(42-33-39-51-49-48(50-5)52-60(57)53-49)40-31-24-17-22-29-37-46(55)58-43-44(4)34-26-19-14-11-8-3/h44-45H,6-43H2,1-5H3,(H,50,52)(H,51,53). The Morgan fingerprint density at radius 3 is 1.55 bits per heavy atom. The van der Waals surface area contributed by atoms with Crippen LogP contribution in [0.25, 0.3) is 0 Å². The van der Waals surface area contributed by atoms with E-state index in [4.69, 9.17) is 9.47 Å². The van der Waals surface area contributed by atoms with Crippen molar-refractivity contribution in [2.45, 2.75) is 246 Å². The summed E-state index contributed by atoms with van der Waals surface area (Å²) in [6, 6.07) is 0. The topological polar surface area (TPSA) is 129 Å². The number of unbranched alkanes of at least 4 members (excludes halogenated alkanes) is 22. The Kier molecular flexibility index (Phi) is 38.3. The van der Waals surface area contributed by atoms with Crippen LogP contribution in [0.5, 0.6) is 0 Å². The second-order valence-electron chi connectivity index (χ2n) is 17.7. The second kappa shape index (κ2) is 41.1. The van der Waals surface area contributed by atoms with Gasteiger partial charge in [-0.05, 0) is 89.8 Å². The maximum atomic E-state index is 12.9. The van der Waals surface area contributed by atoms with Crippen molar-refractivity contribution in [3.63, 3.8) is 0 Å². The third kappa shape index (κ3) is 33.6. The van der Waals surface area contributed by atoms with Crippen LogP contribution in [0.3, 0.4) is 0 Å². The zero-order valence-electron chi connectivity index (χ0n) is 39.8. The molecule has 2 unspecified atom stereocenters. The van der Waals surface area contributed by atoms with E-state index in [0.717, 1.165) is 103 Å². The SMILES string of the molecule is CCCCCCCCC(CCCCCCCC)OC(=O)CCCCCCCN(CCCCCCCC(=O)OCC(C)CCCCCCC)CCCNc1n[s+]([O-])nc1NC. The summed E-state index contributed by atoms with van der Waals surface area (Å²) < 4.78 is 31.5. The van der Waals surface area contributed by atoms with E-state index in [-0.39, 0.29) is 18.0 Å². The van der Waals surface area contributed by atoms with Crippen molar-refractivity contribution < 1.29 is 23.6 Å². The lowest BCUT2D eigenvalue weighted by atomic mass is 10.0. The molecule has 11 heteroatoms. The number of hydrogen-bond acceptors (Lipinski definition) is 10. The molecule has 1 rings (SSSR count). The molecule has 0 fully saturated rings. The van der Waals surface area contributed by atoms with Crippen molar-refractivity contribution in [2.24, 2.45) is 5.92 Å². The van der Waals surface area contributed by atoms with E-state index in [9.17, 15) is 14.1 Å². The van der Waals surface area contributed by atoms with E-state index < -0.39 is 11.1 Å². The van der Waals surface area contributed by atoms with Crippen LogP contribution in [0.4, 0.5) is 11.6 Å². The number of hydrogen-bond donors (Lipinski definition) is 2. The summed E-state index contributed by atoms with van der Waals surface area (Å²) >= 11 is -1.54. The number of ether oxygens (including phenoxy) is 2. The van der Waals surface area contributed by atoms with Gasteiger partial charge >= 0.3 is 11.9 Å². The predicted molar refractivity (Wildman–Crippen MR) is 255 cm³/mol. The smallest absolute Gasteiger partial charge is 0.306 e. The first-order valence-corrected chi connectivity index (χ1v) is 26.5. The Bertz CT molecular complexity index is 1110. The van der Waals surface area contributed by atoms with Crippen LogP contribution in [0.2, 0.25) is 0 Å². The molecule has 1 aromatic rings. The molecule has 0 amide bonds. The van der Waals surface area contributed by atoms with Crippen molar-refractivity contribution in [1.82, 2.24) is 13.6 Å². The highest BCUT2D eigenvalue weighted by Crippen LogP contribution is 2.22. The zero-order chi connectivity index (χ0) is 43.7. The number of aromatic nitrogens is 2. The Labute approximate surface area is 372 Å². The van der Waals surface area contributed by atoms with Gasteiger partial charge in [-0.3, -0.25) is 9.59 Å². The molecule has 0 saturated heterocycles. The van der Waals surface area contributed by atoms with Gasteiger partial charge in [-0.2, -0.15) is 0 Å². The van der Waals surface area contributed by atoms with Crippen molar-refractivity contribution in [1.29, 1.82) is 0 Å². The highest BCUT2D eigenvalue weighted by Gasteiger charge is 2.16. The lowest BCUT2D eigenvalue weighted by molar-refractivity contribution is -0.150. The minimum absolute atomic E-state index is 0.00744. The molecule has 0 aliphatic heterocycles. The summed E-state index contributed by atoms with van der Waals surface area (Å²) in [6.07, 6.45) is 37.9. The number of carbonyl (C=O) groups excluding carboxylic acids is 2. The monoisotopic (exact) mass is 866 g/mol. The van der Waals surface area contributed by atoms with Crippen LogP contribution in [0, 0.1) is 5.92 Å². The van der Waals surface area contributed by atoms with Gasteiger partial charge in [-0.1, -0.05) is 163 Å². The Balaban J connectivity index is 2.38. The van der Waals surface area contributed by atoms with Gasteiger partial charge in [0.15, 0.2) is 11.1 Å². The average Bonchev–Trinajstić information content (AvgIpc) is 3.61. The molecule has 0 spiro atoms. The first-order chi connectivity index (χ1) is 29.3. The second-order valence-corrected chi connectivity index (χ2v) is 18.6. The predicted octanol–water partition coefficient (Wildman–Crippen LogP) is 14.0. The maximum absolute atomic E-state index is 12.9. The molecule has 0 bridgehead atoms. The van der Waals surface area contributed by atoms with Gasteiger partial charge in [0.25, 0.3) is 0 Å². The molecule has 1 heterocycles. The molecule has 10 nitrogen and oxygen atoms in total. The molecule has 0 saturated carbocycles. The van der Waals surface area contributed by atoms with Crippen LogP contribution in [0.15, 0.2) is 0 Å². The minimum atomic E-state index is -1.54.